The van der Waals surface area contributed by atoms with Crippen molar-refractivity contribution in [1.82, 2.24) is 0 Å². The summed E-state index contributed by atoms with van der Waals surface area (Å²) in [5.74, 6) is -0.177. The van der Waals surface area contributed by atoms with Gasteiger partial charge in [-0.05, 0) is 37.0 Å². The number of nitrogens with two attached hydrogens (primary N) is 1. The number of hydrogen-bond donors (Lipinski definition) is 1. The molecule has 1 aliphatic carbocycles. The molecule has 100 valence electrons. The number of alkyl halides is 3. The van der Waals surface area contributed by atoms with E-state index in [1.165, 1.54) is 13.2 Å². The molecule has 6 heteroatoms. The molecule has 0 heterocycles. The molecule has 0 unspecified atom stereocenters. The zero-order valence-corrected chi connectivity index (χ0v) is 10.5. The first-order chi connectivity index (χ1) is 8.25. The van der Waals surface area contributed by atoms with Gasteiger partial charge < -0.3 is 10.5 Å². The fraction of sp³-hybridized carbons (Fsp3) is 0.500. The summed E-state index contributed by atoms with van der Waals surface area (Å²) in [5.41, 5.74) is 5.09. The van der Waals surface area contributed by atoms with Crippen LogP contribution < -0.4 is 10.5 Å². The quantitative estimate of drug-likeness (QED) is 0.920. The Labute approximate surface area is 108 Å². The Morgan fingerprint density at radius 1 is 1.39 bits per heavy atom. The summed E-state index contributed by atoms with van der Waals surface area (Å²) in [6.45, 7) is 0. The van der Waals surface area contributed by atoms with Crippen LogP contribution >= 0.6 is 11.6 Å². The molecule has 0 spiro atoms. The molecule has 0 amide bonds. The SMILES string of the molecule is COc1c(CC2(N)CC2)cc(Cl)cc1C(F)(F)F. The normalized spacial score (nSPS) is 17.7. The van der Waals surface area contributed by atoms with Crippen molar-refractivity contribution in [3.8, 4) is 5.75 Å². The summed E-state index contributed by atoms with van der Waals surface area (Å²) in [7, 11) is 1.22. The van der Waals surface area contributed by atoms with Gasteiger partial charge in [0, 0.05) is 10.6 Å². The molecule has 18 heavy (non-hydrogen) atoms. The summed E-state index contributed by atoms with van der Waals surface area (Å²) in [4.78, 5) is 0. The van der Waals surface area contributed by atoms with E-state index in [9.17, 15) is 13.2 Å². The van der Waals surface area contributed by atoms with E-state index in [2.05, 4.69) is 0 Å². The highest BCUT2D eigenvalue weighted by atomic mass is 35.5. The van der Waals surface area contributed by atoms with E-state index in [-0.39, 0.29) is 10.8 Å². The lowest BCUT2D eigenvalue weighted by Crippen LogP contribution is -2.25. The van der Waals surface area contributed by atoms with E-state index in [1.807, 2.05) is 0 Å². The number of methoxy groups -OCH3 is 1. The first-order valence-electron chi connectivity index (χ1n) is 5.48. The first-order valence-corrected chi connectivity index (χ1v) is 5.85. The average molecular weight is 280 g/mol. The molecule has 2 rings (SSSR count). The zero-order chi connectivity index (χ0) is 13.6. The van der Waals surface area contributed by atoms with Crippen LogP contribution in [0.5, 0.6) is 5.75 Å². The lowest BCUT2D eigenvalue weighted by Gasteiger charge is -2.18. The molecule has 0 radical (unpaired) electrons. The van der Waals surface area contributed by atoms with Crippen molar-refractivity contribution in [2.45, 2.75) is 31.0 Å². The van der Waals surface area contributed by atoms with Crippen molar-refractivity contribution in [1.29, 1.82) is 0 Å². The molecule has 1 aromatic carbocycles. The third kappa shape index (κ3) is 2.72. The maximum atomic E-state index is 12.9. The van der Waals surface area contributed by atoms with Gasteiger partial charge in [0.2, 0.25) is 0 Å². The largest absolute Gasteiger partial charge is 0.496 e. The van der Waals surface area contributed by atoms with Gasteiger partial charge in [0.15, 0.2) is 0 Å². The van der Waals surface area contributed by atoms with E-state index in [0.29, 0.717) is 12.0 Å². The molecule has 0 saturated heterocycles. The molecule has 1 saturated carbocycles. The van der Waals surface area contributed by atoms with Gasteiger partial charge in [-0.15, -0.1) is 0 Å². The average Bonchev–Trinajstić information content (AvgIpc) is 2.94. The smallest absolute Gasteiger partial charge is 0.420 e. The van der Waals surface area contributed by atoms with Gasteiger partial charge in [0.25, 0.3) is 0 Å². The molecule has 2 nitrogen and oxygen atoms in total. The predicted octanol–water partition coefficient (Wildman–Crippen LogP) is 3.40. The van der Waals surface area contributed by atoms with Crippen LogP contribution in [-0.4, -0.2) is 12.6 Å². The van der Waals surface area contributed by atoms with Crippen molar-refractivity contribution >= 4 is 11.6 Å². The highest BCUT2D eigenvalue weighted by Crippen LogP contribution is 2.43. The van der Waals surface area contributed by atoms with Crippen LogP contribution in [0, 0.1) is 0 Å². The second kappa shape index (κ2) is 4.31. The third-order valence-corrected chi connectivity index (χ3v) is 3.29. The van der Waals surface area contributed by atoms with Gasteiger partial charge in [-0.3, -0.25) is 0 Å². The standard InChI is InChI=1S/C12H13ClF3NO/c1-18-10-7(6-11(17)2-3-11)4-8(13)5-9(10)12(14,15)16/h4-5H,2-3,6,17H2,1H3. The second-order valence-corrected chi connectivity index (χ2v) is 5.12. The van der Waals surface area contributed by atoms with E-state index in [1.54, 1.807) is 0 Å². The Kier molecular flexibility index (Phi) is 3.23. The van der Waals surface area contributed by atoms with Crippen LogP contribution in [0.15, 0.2) is 12.1 Å². The van der Waals surface area contributed by atoms with Crippen LogP contribution in [0.4, 0.5) is 13.2 Å². The highest BCUT2D eigenvalue weighted by molar-refractivity contribution is 6.30. The van der Waals surface area contributed by atoms with Crippen LogP contribution in [0.3, 0.4) is 0 Å². The highest BCUT2D eigenvalue weighted by Gasteiger charge is 2.41. The summed E-state index contributed by atoms with van der Waals surface area (Å²) in [6.07, 6.45) is -2.52. The maximum absolute atomic E-state index is 12.9. The second-order valence-electron chi connectivity index (χ2n) is 4.68. The molecular weight excluding hydrogens is 267 g/mol. The molecule has 1 fully saturated rings. The summed E-state index contributed by atoms with van der Waals surface area (Å²) in [5, 5.41) is 0.0439. The lowest BCUT2D eigenvalue weighted by atomic mass is 10.0. The van der Waals surface area contributed by atoms with E-state index < -0.39 is 17.3 Å². The van der Waals surface area contributed by atoms with Crippen molar-refractivity contribution < 1.29 is 17.9 Å². The summed E-state index contributed by atoms with van der Waals surface area (Å²) < 4.78 is 43.5. The Bertz CT molecular complexity index is 469. The third-order valence-electron chi connectivity index (χ3n) is 3.07. The van der Waals surface area contributed by atoms with Crippen molar-refractivity contribution in [3.05, 3.63) is 28.3 Å². The minimum Gasteiger partial charge on any atom is -0.496 e. The topological polar surface area (TPSA) is 35.2 Å². The number of halogens is 4. The Hall–Kier alpha value is -0.940. The van der Waals surface area contributed by atoms with Crippen molar-refractivity contribution in [2.24, 2.45) is 5.73 Å². The zero-order valence-electron chi connectivity index (χ0n) is 9.77. The predicted molar refractivity (Wildman–Crippen MR) is 62.9 cm³/mol. The molecule has 1 aliphatic rings. The number of rotatable bonds is 3. The Morgan fingerprint density at radius 3 is 2.44 bits per heavy atom. The Balaban J connectivity index is 2.47. The number of benzene rings is 1. The minimum atomic E-state index is -4.49. The van der Waals surface area contributed by atoms with Crippen LogP contribution in [-0.2, 0) is 12.6 Å². The monoisotopic (exact) mass is 279 g/mol. The van der Waals surface area contributed by atoms with Crippen LogP contribution in [0.25, 0.3) is 0 Å². The van der Waals surface area contributed by atoms with Gasteiger partial charge in [-0.25, -0.2) is 0 Å². The van der Waals surface area contributed by atoms with Gasteiger partial charge in [0.1, 0.15) is 5.75 Å². The molecule has 0 atom stereocenters. The van der Waals surface area contributed by atoms with Gasteiger partial charge in [0.05, 0.1) is 12.7 Å². The molecule has 0 bridgehead atoms. The van der Waals surface area contributed by atoms with Crippen LogP contribution in [0.2, 0.25) is 5.02 Å². The molecule has 1 aromatic rings. The lowest BCUT2D eigenvalue weighted by molar-refractivity contribution is -0.138. The first kappa shape index (κ1) is 13.5. The number of hydrogen-bond acceptors (Lipinski definition) is 2. The minimum absolute atomic E-state index is 0.0439. The van der Waals surface area contributed by atoms with E-state index in [0.717, 1.165) is 18.9 Å². The number of ether oxygens (including phenoxy) is 1. The van der Waals surface area contributed by atoms with Crippen LogP contribution in [0.1, 0.15) is 24.0 Å². The van der Waals surface area contributed by atoms with E-state index in [4.69, 9.17) is 22.1 Å². The van der Waals surface area contributed by atoms with Crippen molar-refractivity contribution in [2.75, 3.05) is 7.11 Å². The fourth-order valence-electron chi connectivity index (χ4n) is 1.95. The van der Waals surface area contributed by atoms with Crippen molar-refractivity contribution in [3.63, 3.8) is 0 Å². The fourth-order valence-corrected chi connectivity index (χ4v) is 2.19. The molecule has 0 aromatic heterocycles. The van der Waals surface area contributed by atoms with Gasteiger partial charge in [-0.2, -0.15) is 13.2 Å². The summed E-state index contributed by atoms with van der Waals surface area (Å²) in [6, 6.07) is 2.36. The molecular formula is C12H13ClF3NO. The Morgan fingerprint density at radius 2 is 2.00 bits per heavy atom. The molecule has 0 aliphatic heterocycles. The van der Waals surface area contributed by atoms with Gasteiger partial charge >= 0.3 is 6.18 Å². The molecule has 2 N–H and O–H groups in total. The maximum Gasteiger partial charge on any atom is 0.420 e. The van der Waals surface area contributed by atoms with E-state index >= 15 is 0 Å². The van der Waals surface area contributed by atoms with Gasteiger partial charge in [-0.1, -0.05) is 11.6 Å². The summed E-state index contributed by atoms with van der Waals surface area (Å²) >= 11 is 5.74.